The summed E-state index contributed by atoms with van der Waals surface area (Å²) in [4.78, 5) is 12.6. The van der Waals surface area contributed by atoms with Gasteiger partial charge in [-0.2, -0.15) is 11.8 Å². The first-order chi connectivity index (χ1) is 10.8. The predicted octanol–water partition coefficient (Wildman–Crippen LogP) is 0.493. The van der Waals surface area contributed by atoms with E-state index in [0.717, 1.165) is 11.3 Å². The van der Waals surface area contributed by atoms with Crippen LogP contribution < -0.4 is 5.32 Å². The topological polar surface area (TPSA) is 92.9 Å². The molecule has 0 aliphatic heterocycles. The predicted molar refractivity (Wildman–Crippen MR) is 84.4 cm³/mol. The highest BCUT2D eigenvalue weighted by Crippen LogP contribution is 2.17. The van der Waals surface area contributed by atoms with Crippen molar-refractivity contribution in [3.05, 3.63) is 42.2 Å². The molecule has 0 bridgehead atoms. The molecule has 0 saturated heterocycles. The number of carbonyl (C=O) groups excluding carboxylic acids is 1. The second kappa shape index (κ2) is 8.50. The summed E-state index contributed by atoms with van der Waals surface area (Å²) in [5.41, 5.74) is 0.786. The highest BCUT2D eigenvalue weighted by molar-refractivity contribution is 7.98. The summed E-state index contributed by atoms with van der Waals surface area (Å²) in [6.07, 6.45) is 4.11. The highest BCUT2D eigenvalue weighted by atomic mass is 32.2. The zero-order valence-corrected chi connectivity index (χ0v) is 13.1. The van der Waals surface area contributed by atoms with E-state index in [2.05, 4.69) is 20.8 Å². The van der Waals surface area contributed by atoms with Crippen LogP contribution in [0.15, 0.2) is 36.7 Å². The average molecular weight is 321 g/mol. The van der Waals surface area contributed by atoms with E-state index in [9.17, 15) is 9.90 Å². The van der Waals surface area contributed by atoms with E-state index in [1.54, 1.807) is 11.8 Å². The lowest BCUT2D eigenvalue weighted by Gasteiger charge is -2.21. The van der Waals surface area contributed by atoms with Crippen LogP contribution in [0.4, 0.5) is 0 Å². The van der Waals surface area contributed by atoms with Crippen molar-refractivity contribution >= 4 is 17.7 Å². The van der Waals surface area contributed by atoms with Gasteiger partial charge in [-0.15, -0.1) is 5.10 Å². The van der Waals surface area contributed by atoms with Crippen LogP contribution in [-0.4, -0.2) is 55.9 Å². The van der Waals surface area contributed by atoms with E-state index in [4.69, 9.17) is 0 Å². The standard InChI is InChI=1S/C14H19N5O2S/c1-22-8-7-12(9-20)16-14(21)13(19-10-15-17-18-19)11-5-3-2-4-6-11/h2-6,10,12-13,20H,7-9H2,1H3,(H,16,21)/t12-,13-/m0/s1. The van der Waals surface area contributed by atoms with Crippen molar-refractivity contribution in [2.75, 3.05) is 18.6 Å². The van der Waals surface area contributed by atoms with E-state index in [0.29, 0.717) is 6.42 Å². The van der Waals surface area contributed by atoms with Gasteiger partial charge in [0.15, 0.2) is 6.04 Å². The number of rotatable bonds is 8. The van der Waals surface area contributed by atoms with Gasteiger partial charge in [-0.1, -0.05) is 30.3 Å². The van der Waals surface area contributed by atoms with Crippen LogP contribution in [0.5, 0.6) is 0 Å². The maximum Gasteiger partial charge on any atom is 0.249 e. The number of tetrazole rings is 1. The van der Waals surface area contributed by atoms with E-state index in [1.165, 1.54) is 11.0 Å². The van der Waals surface area contributed by atoms with Gasteiger partial charge in [-0.3, -0.25) is 4.79 Å². The number of benzene rings is 1. The van der Waals surface area contributed by atoms with E-state index < -0.39 is 6.04 Å². The Morgan fingerprint density at radius 3 is 2.77 bits per heavy atom. The summed E-state index contributed by atoms with van der Waals surface area (Å²) in [5.74, 6) is 0.630. The number of hydrogen-bond acceptors (Lipinski definition) is 6. The second-order valence-corrected chi connectivity index (χ2v) is 5.76. The molecule has 7 nitrogen and oxygen atoms in total. The van der Waals surface area contributed by atoms with Crippen molar-refractivity contribution in [2.45, 2.75) is 18.5 Å². The summed E-state index contributed by atoms with van der Waals surface area (Å²) in [6.45, 7) is -0.0938. The monoisotopic (exact) mass is 321 g/mol. The number of thioether (sulfide) groups is 1. The first-order valence-corrected chi connectivity index (χ1v) is 8.33. The van der Waals surface area contributed by atoms with Gasteiger partial charge in [0, 0.05) is 0 Å². The van der Waals surface area contributed by atoms with Crippen LogP contribution in [0.3, 0.4) is 0 Å². The molecule has 1 amide bonds. The van der Waals surface area contributed by atoms with Crippen molar-refractivity contribution in [2.24, 2.45) is 0 Å². The summed E-state index contributed by atoms with van der Waals surface area (Å²) < 4.78 is 1.41. The molecule has 0 aliphatic rings. The molecule has 0 spiro atoms. The van der Waals surface area contributed by atoms with Gasteiger partial charge in [0.1, 0.15) is 6.33 Å². The SMILES string of the molecule is CSCC[C@@H](CO)NC(=O)[C@H](c1ccccc1)n1cnnn1. The lowest BCUT2D eigenvalue weighted by Crippen LogP contribution is -2.42. The molecule has 2 atom stereocenters. The van der Waals surface area contributed by atoms with E-state index >= 15 is 0 Å². The molecule has 2 rings (SSSR count). The van der Waals surface area contributed by atoms with Crippen molar-refractivity contribution in [3.63, 3.8) is 0 Å². The molecule has 0 fully saturated rings. The van der Waals surface area contributed by atoms with Crippen molar-refractivity contribution in [1.29, 1.82) is 0 Å². The van der Waals surface area contributed by atoms with E-state index in [-0.39, 0.29) is 18.6 Å². The lowest BCUT2D eigenvalue weighted by molar-refractivity contribution is -0.124. The minimum Gasteiger partial charge on any atom is -0.394 e. The Hall–Kier alpha value is -1.93. The highest BCUT2D eigenvalue weighted by Gasteiger charge is 2.25. The maximum atomic E-state index is 12.6. The Bertz CT molecular complexity index is 564. The number of carbonyl (C=O) groups is 1. The third kappa shape index (κ3) is 4.28. The third-order valence-electron chi connectivity index (χ3n) is 3.23. The maximum absolute atomic E-state index is 12.6. The Kier molecular flexibility index (Phi) is 6.35. The summed E-state index contributed by atoms with van der Waals surface area (Å²) in [6, 6.07) is 8.37. The van der Waals surface area contributed by atoms with Gasteiger partial charge in [0.2, 0.25) is 5.91 Å². The first kappa shape index (κ1) is 16.4. The fourth-order valence-electron chi connectivity index (χ4n) is 2.10. The van der Waals surface area contributed by atoms with Gasteiger partial charge in [0.25, 0.3) is 0 Å². The smallest absolute Gasteiger partial charge is 0.249 e. The van der Waals surface area contributed by atoms with Crippen LogP contribution in [0.1, 0.15) is 18.0 Å². The van der Waals surface area contributed by atoms with Crippen molar-refractivity contribution in [3.8, 4) is 0 Å². The second-order valence-electron chi connectivity index (χ2n) is 4.77. The Morgan fingerprint density at radius 2 is 2.18 bits per heavy atom. The Morgan fingerprint density at radius 1 is 1.41 bits per heavy atom. The minimum absolute atomic E-state index is 0.0938. The molecule has 0 saturated carbocycles. The summed E-state index contributed by atoms with van der Waals surface area (Å²) >= 11 is 1.67. The molecular weight excluding hydrogens is 302 g/mol. The van der Waals surface area contributed by atoms with Gasteiger partial charge >= 0.3 is 0 Å². The van der Waals surface area contributed by atoms with E-state index in [1.807, 2.05) is 36.6 Å². The molecule has 0 radical (unpaired) electrons. The molecule has 2 aromatic rings. The first-order valence-electron chi connectivity index (χ1n) is 6.94. The molecular formula is C14H19N5O2S. The van der Waals surface area contributed by atoms with Gasteiger partial charge in [-0.05, 0) is 34.4 Å². The molecule has 2 N–H and O–H groups in total. The zero-order valence-electron chi connectivity index (χ0n) is 12.3. The lowest BCUT2D eigenvalue weighted by atomic mass is 10.1. The normalized spacial score (nSPS) is 13.5. The fraction of sp³-hybridized carbons (Fsp3) is 0.429. The number of hydrogen-bond donors (Lipinski definition) is 2. The number of aliphatic hydroxyl groups is 1. The van der Waals surface area contributed by atoms with Crippen LogP contribution >= 0.6 is 11.8 Å². The van der Waals surface area contributed by atoms with Crippen molar-refractivity contribution in [1.82, 2.24) is 25.5 Å². The number of aromatic nitrogens is 4. The number of nitrogens with zero attached hydrogens (tertiary/aromatic N) is 4. The Balaban J connectivity index is 2.17. The number of nitrogens with one attached hydrogen (secondary N) is 1. The van der Waals surface area contributed by atoms with Crippen LogP contribution in [0.25, 0.3) is 0 Å². The molecule has 0 unspecified atom stereocenters. The molecule has 1 heterocycles. The number of aliphatic hydroxyl groups excluding tert-OH is 1. The minimum atomic E-state index is -0.653. The zero-order chi connectivity index (χ0) is 15.8. The largest absolute Gasteiger partial charge is 0.394 e. The number of amides is 1. The van der Waals surface area contributed by atoms with Crippen LogP contribution in [0, 0.1) is 0 Å². The third-order valence-corrected chi connectivity index (χ3v) is 3.87. The van der Waals surface area contributed by atoms with Crippen LogP contribution in [-0.2, 0) is 4.79 Å². The molecule has 1 aromatic carbocycles. The molecule has 118 valence electrons. The Labute approximate surface area is 133 Å². The summed E-state index contributed by atoms with van der Waals surface area (Å²) in [7, 11) is 0. The van der Waals surface area contributed by atoms with Gasteiger partial charge < -0.3 is 10.4 Å². The van der Waals surface area contributed by atoms with Crippen LogP contribution in [0.2, 0.25) is 0 Å². The summed E-state index contributed by atoms with van der Waals surface area (Å²) in [5, 5.41) is 23.3. The van der Waals surface area contributed by atoms with Gasteiger partial charge in [0.05, 0.1) is 12.6 Å². The molecule has 8 heteroatoms. The van der Waals surface area contributed by atoms with Crippen molar-refractivity contribution < 1.29 is 9.90 Å². The molecule has 0 aliphatic carbocycles. The molecule has 1 aromatic heterocycles. The fourth-order valence-corrected chi connectivity index (χ4v) is 2.62. The quantitative estimate of drug-likeness (QED) is 0.735. The molecule has 22 heavy (non-hydrogen) atoms. The van der Waals surface area contributed by atoms with Gasteiger partial charge in [-0.25, -0.2) is 4.68 Å². The average Bonchev–Trinajstić information content (AvgIpc) is 3.06.